The Balaban J connectivity index is 1.69. The summed E-state index contributed by atoms with van der Waals surface area (Å²) < 4.78 is 5.71. The third-order valence-corrected chi connectivity index (χ3v) is 4.50. The van der Waals surface area contributed by atoms with Crippen LogP contribution in [0.4, 0.5) is 0 Å². The van der Waals surface area contributed by atoms with Gasteiger partial charge in [-0.1, -0.05) is 30.3 Å². The summed E-state index contributed by atoms with van der Waals surface area (Å²) in [7, 11) is 0. The molecule has 0 spiro atoms. The lowest BCUT2D eigenvalue weighted by Gasteiger charge is -2.40. The second kappa shape index (κ2) is 6.04. The summed E-state index contributed by atoms with van der Waals surface area (Å²) >= 11 is 0. The van der Waals surface area contributed by atoms with Gasteiger partial charge in [-0.2, -0.15) is 0 Å². The van der Waals surface area contributed by atoms with Crippen LogP contribution in [0.5, 0.6) is 0 Å². The zero-order chi connectivity index (χ0) is 13.1. The van der Waals surface area contributed by atoms with E-state index in [4.69, 9.17) is 10.5 Å². The molecule has 0 aromatic heterocycles. The van der Waals surface area contributed by atoms with Crippen LogP contribution in [-0.4, -0.2) is 37.2 Å². The molecule has 2 atom stereocenters. The van der Waals surface area contributed by atoms with Crippen molar-refractivity contribution in [2.75, 3.05) is 26.3 Å². The lowest BCUT2D eigenvalue weighted by atomic mass is 9.92. The van der Waals surface area contributed by atoms with Gasteiger partial charge in [-0.05, 0) is 36.8 Å². The maximum atomic E-state index is 6.02. The summed E-state index contributed by atoms with van der Waals surface area (Å²) in [6.07, 6.45) is 2.72. The first-order chi connectivity index (χ1) is 9.38. The standard InChI is InChI=1S/C16H24N2O/c17-10-15(14-6-7-14)16-12-19-9-8-18(16)11-13-4-2-1-3-5-13/h1-5,14-16H,6-12,17H2. The molecule has 1 heterocycles. The van der Waals surface area contributed by atoms with E-state index in [-0.39, 0.29) is 0 Å². The highest BCUT2D eigenvalue weighted by Gasteiger charge is 2.39. The van der Waals surface area contributed by atoms with Gasteiger partial charge in [0.05, 0.1) is 13.2 Å². The molecule has 1 saturated carbocycles. The third kappa shape index (κ3) is 3.16. The summed E-state index contributed by atoms with van der Waals surface area (Å²) in [6.45, 7) is 4.56. The first kappa shape index (κ1) is 13.1. The van der Waals surface area contributed by atoms with Crippen molar-refractivity contribution >= 4 is 0 Å². The average molecular weight is 260 g/mol. The number of nitrogens with two attached hydrogens (primary N) is 1. The molecular weight excluding hydrogens is 236 g/mol. The largest absolute Gasteiger partial charge is 0.378 e. The predicted octanol–water partition coefficient (Wildman–Crippen LogP) is 1.87. The molecule has 3 heteroatoms. The van der Waals surface area contributed by atoms with Crippen molar-refractivity contribution < 1.29 is 4.74 Å². The molecule has 2 unspecified atom stereocenters. The summed E-state index contributed by atoms with van der Waals surface area (Å²) in [6, 6.07) is 11.2. The third-order valence-electron chi connectivity index (χ3n) is 4.50. The van der Waals surface area contributed by atoms with Gasteiger partial charge in [-0.25, -0.2) is 0 Å². The SMILES string of the molecule is NCC(C1CC1)C1COCCN1Cc1ccccc1. The second-order valence-electron chi connectivity index (χ2n) is 5.84. The Kier molecular flexibility index (Phi) is 4.16. The van der Waals surface area contributed by atoms with Crippen LogP contribution in [0, 0.1) is 11.8 Å². The minimum atomic E-state index is 0.506. The number of hydrogen-bond acceptors (Lipinski definition) is 3. The molecule has 2 fully saturated rings. The van der Waals surface area contributed by atoms with Gasteiger partial charge >= 0.3 is 0 Å². The Morgan fingerprint density at radius 2 is 2.05 bits per heavy atom. The van der Waals surface area contributed by atoms with Crippen LogP contribution in [0.25, 0.3) is 0 Å². The van der Waals surface area contributed by atoms with Crippen LogP contribution in [0.3, 0.4) is 0 Å². The molecule has 3 rings (SSSR count). The van der Waals surface area contributed by atoms with Gasteiger partial charge < -0.3 is 10.5 Å². The molecule has 104 valence electrons. The van der Waals surface area contributed by atoms with Crippen LogP contribution in [0.1, 0.15) is 18.4 Å². The fraction of sp³-hybridized carbons (Fsp3) is 0.625. The number of nitrogens with zero attached hydrogens (tertiary/aromatic N) is 1. The quantitative estimate of drug-likeness (QED) is 0.878. The Hall–Kier alpha value is -0.900. The molecule has 3 nitrogen and oxygen atoms in total. The Morgan fingerprint density at radius 3 is 2.74 bits per heavy atom. The normalized spacial score (nSPS) is 26.3. The Labute approximate surface area is 115 Å². The monoisotopic (exact) mass is 260 g/mol. The minimum absolute atomic E-state index is 0.506. The molecule has 1 aromatic carbocycles. The molecule has 0 bridgehead atoms. The van der Waals surface area contributed by atoms with Gasteiger partial charge in [0, 0.05) is 19.1 Å². The number of rotatable bonds is 5. The molecule has 1 saturated heterocycles. The van der Waals surface area contributed by atoms with E-state index in [0.29, 0.717) is 12.0 Å². The first-order valence-electron chi connectivity index (χ1n) is 7.44. The topological polar surface area (TPSA) is 38.5 Å². The highest BCUT2D eigenvalue weighted by molar-refractivity contribution is 5.14. The molecular formula is C16H24N2O. The number of benzene rings is 1. The highest BCUT2D eigenvalue weighted by Crippen LogP contribution is 2.40. The first-order valence-corrected chi connectivity index (χ1v) is 7.44. The van der Waals surface area contributed by atoms with Crippen molar-refractivity contribution in [3.63, 3.8) is 0 Å². The van der Waals surface area contributed by atoms with Crippen LogP contribution < -0.4 is 5.73 Å². The number of morpholine rings is 1. The van der Waals surface area contributed by atoms with Crippen molar-refractivity contribution in [3.05, 3.63) is 35.9 Å². The zero-order valence-corrected chi connectivity index (χ0v) is 11.5. The lowest BCUT2D eigenvalue weighted by Crippen LogP contribution is -2.51. The molecule has 19 heavy (non-hydrogen) atoms. The van der Waals surface area contributed by atoms with E-state index in [1.807, 2.05) is 0 Å². The lowest BCUT2D eigenvalue weighted by molar-refractivity contribution is -0.0366. The summed E-state index contributed by atoms with van der Waals surface area (Å²) in [5, 5.41) is 0. The molecule has 0 radical (unpaired) electrons. The zero-order valence-electron chi connectivity index (χ0n) is 11.5. The maximum absolute atomic E-state index is 6.02. The van der Waals surface area contributed by atoms with E-state index in [9.17, 15) is 0 Å². The molecule has 1 aliphatic heterocycles. The van der Waals surface area contributed by atoms with E-state index < -0.39 is 0 Å². The van der Waals surface area contributed by atoms with E-state index in [1.54, 1.807) is 0 Å². The van der Waals surface area contributed by atoms with Gasteiger partial charge in [0.25, 0.3) is 0 Å². The Morgan fingerprint density at radius 1 is 1.26 bits per heavy atom. The second-order valence-corrected chi connectivity index (χ2v) is 5.84. The summed E-state index contributed by atoms with van der Waals surface area (Å²) in [5.41, 5.74) is 7.41. The fourth-order valence-electron chi connectivity index (χ4n) is 3.25. The van der Waals surface area contributed by atoms with Gasteiger partial charge in [0.1, 0.15) is 0 Å². The average Bonchev–Trinajstić information content (AvgIpc) is 3.27. The van der Waals surface area contributed by atoms with Gasteiger partial charge in [0.2, 0.25) is 0 Å². The molecule has 1 aromatic rings. The van der Waals surface area contributed by atoms with Crippen LogP contribution >= 0.6 is 0 Å². The van der Waals surface area contributed by atoms with E-state index in [2.05, 4.69) is 35.2 Å². The predicted molar refractivity (Wildman–Crippen MR) is 76.7 cm³/mol. The van der Waals surface area contributed by atoms with Crippen LogP contribution in [-0.2, 0) is 11.3 Å². The maximum Gasteiger partial charge on any atom is 0.0625 e. The molecule has 2 N–H and O–H groups in total. The van der Waals surface area contributed by atoms with Crippen molar-refractivity contribution in [1.82, 2.24) is 4.90 Å². The number of hydrogen-bond donors (Lipinski definition) is 1. The van der Waals surface area contributed by atoms with Gasteiger partial charge in [0.15, 0.2) is 0 Å². The van der Waals surface area contributed by atoms with E-state index in [0.717, 1.165) is 38.8 Å². The van der Waals surface area contributed by atoms with Crippen LogP contribution in [0.15, 0.2) is 30.3 Å². The van der Waals surface area contributed by atoms with E-state index >= 15 is 0 Å². The Bertz CT molecular complexity index is 391. The summed E-state index contributed by atoms with van der Waals surface area (Å²) in [5.74, 6) is 1.46. The van der Waals surface area contributed by atoms with Crippen molar-refractivity contribution in [1.29, 1.82) is 0 Å². The molecule has 1 aliphatic carbocycles. The van der Waals surface area contributed by atoms with Crippen molar-refractivity contribution in [2.24, 2.45) is 17.6 Å². The minimum Gasteiger partial charge on any atom is -0.378 e. The van der Waals surface area contributed by atoms with Gasteiger partial charge in [-0.15, -0.1) is 0 Å². The fourth-order valence-corrected chi connectivity index (χ4v) is 3.25. The summed E-state index contributed by atoms with van der Waals surface area (Å²) in [4.78, 5) is 2.58. The van der Waals surface area contributed by atoms with Crippen molar-refractivity contribution in [3.8, 4) is 0 Å². The van der Waals surface area contributed by atoms with Crippen molar-refractivity contribution in [2.45, 2.75) is 25.4 Å². The van der Waals surface area contributed by atoms with E-state index in [1.165, 1.54) is 18.4 Å². The van der Waals surface area contributed by atoms with Gasteiger partial charge in [-0.3, -0.25) is 4.90 Å². The molecule has 2 aliphatic rings. The molecule has 0 amide bonds. The van der Waals surface area contributed by atoms with Crippen LogP contribution in [0.2, 0.25) is 0 Å². The number of ether oxygens (including phenoxy) is 1. The smallest absolute Gasteiger partial charge is 0.0625 e. The highest BCUT2D eigenvalue weighted by atomic mass is 16.5.